The summed E-state index contributed by atoms with van der Waals surface area (Å²) in [5, 5.41) is 2.74. The molecule has 7 heteroatoms. The molecule has 33 heavy (non-hydrogen) atoms. The van der Waals surface area contributed by atoms with Crippen molar-refractivity contribution < 1.29 is 18.9 Å². The first kappa shape index (κ1) is 21.5. The molecule has 2 heterocycles. The minimum atomic E-state index is -0.454. The van der Waals surface area contributed by atoms with Crippen LogP contribution < -0.4 is 24.4 Å². The summed E-state index contributed by atoms with van der Waals surface area (Å²) in [4.78, 5) is 0. The Morgan fingerprint density at radius 2 is 1.73 bits per heavy atom. The van der Waals surface area contributed by atoms with Gasteiger partial charge in [-0.25, -0.2) is 0 Å². The van der Waals surface area contributed by atoms with Crippen molar-refractivity contribution in [2.45, 2.75) is 19.2 Å². The van der Waals surface area contributed by atoms with Crippen LogP contribution in [0.1, 0.15) is 35.9 Å². The maximum absolute atomic E-state index is 6.48. The largest absolute Gasteiger partial charge is 0.497 e. The second-order valence-corrected chi connectivity index (χ2v) is 8.20. The first-order chi connectivity index (χ1) is 16.1. The average molecular weight is 465 g/mol. The van der Waals surface area contributed by atoms with E-state index in [1.807, 2.05) is 67.6 Å². The standard InChI is InChI=1S/C26H25ClN2O4/c1-4-32-18-8-5-16(6-9-18)22-15-23-20-13-17(27)7-11-25(20)33-26(29(23)28-22)21-14-19(30-2)10-12-24(21)31-3/h5-15,23,26,28H,4H2,1-3H3. The molecule has 0 aliphatic carbocycles. The lowest BCUT2D eigenvalue weighted by molar-refractivity contribution is -0.0339. The lowest BCUT2D eigenvalue weighted by Crippen LogP contribution is -2.43. The van der Waals surface area contributed by atoms with Gasteiger partial charge in [-0.1, -0.05) is 11.6 Å². The van der Waals surface area contributed by atoms with Gasteiger partial charge in [0.15, 0.2) is 6.23 Å². The van der Waals surface area contributed by atoms with E-state index in [4.69, 9.17) is 30.5 Å². The molecule has 2 atom stereocenters. The summed E-state index contributed by atoms with van der Waals surface area (Å²) in [5.41, 5.74) is 7.43. The molecule has 5 rings (SSSR count). The van der Waals surface area contributed by atoms with Crippen molar-refractivity contribution in [3.8, 4) is 23.0 Å². The molecule has 170 valence electrons. The molecule has 0 aromatic heterocycles. The number of hydrazine groups is 1. The topological polar surface area (TPSA) is 52.2 Å². The maximum atomic E-state index is 6.48. The summed E-state index contributed by atoms with van der Waals surface area (Å²) >= 11 is 6.34. The quantitative estimate of drug-likeness (QED) is 0.501. The van der Waals surface area contributed by atoms with E-state index in [1.54, 1.807) is 14.2 Å². The summed E-state index contributed by atoms with van der Waals surface area (Å²) < 4.78 is 23.2. The van der Waals surface area contributed by atoms with E-state index in [2.05, 4.69) is 16.5 Å². The molecule has 6 nitrogen and oxygen atoms in total. The van der Waals surface area contributed by atoms with Gasteiger partial charge in [-0.3, -0.25) is 0 Å². The zero-order chi connectivity index (χ0) is 22.9. The second kappa shape index (κ2) is 8.89. The highest BCUT2D eigenvalue weighted by Gasteiger charge is 2.41. The van der Waals surface area contributed by atoms with Gasteiger partial charge in [-0.05, 0) is 79.2 Å². The summed E-state index contributed by atoms with van der Waals surface area (Å²) in [5.74, 6) is 3.07. The molecule has 0 radical (unpaired) electrons. The van der Waals surface area contributed by atoms with Crippen LogP contribution in [0.25, 0.3) is 5.70 Å². The van der Waals surface area contributed by atoms with Gasteiger partial charge >= 0.3 is 0 Å². The Morgan fingerprint density at radius 1 is 0.939 bits per heavy atom. The van der Waals surface area contributed by atoms with Crippen molar-refractivity contribution in [3.05, 3.63) is 88.5 Å². The van der Waals surface area contributed by atoms with Crippen LogP contribution in [0.3, 0.4) is 0 Å². The number of hydrogen-bond donors (Lipinski definition) is 1. The molecule has 1 N–H and O–H groups in total. The van der Waals surface area contributed by atoms with Crippen LogP contribution >= 0.6 is 11.6 Å². The zero-order valence-corrected chi connectivity index (χ0v) is 19.4. The van der Waals surface area contributed by atoms with Crippen LogP contribution in [0.15, 0.2) is 66.7 Å². The van der Waals surface area contributed by atoms with E-state index in [0.29, 0.717) is 17.4 Å². The van der Waals surface area contributed by atoms with Gasteiger partial charge in [0.05, 0.1) is 38.1 Å². The molecule has 3 aromatic rings. The predicted octanol–water partition coefficient (Wildman–Crippen LogP) is 5.75. The highest BCUT2D eigenvalue weighted by molar-refractivity contribution is 6.30. The summed E-state index contributed by atoms with van der Waals surface area (Å²) in [7, 11) is 3.30. The van der Waals surface area contributed by atoms with Crippen LogP contribution in [0.5, 0.6) is 23.0 Å². The van der Waals surface area contributed by atoms with E-state index in [9.17, 15) is 0 Å². The Hall–Kier alpha value is -3.35. The molecule has 0 saturated carbocycles. The number of nitrogens with one attached hydrogen (secondary N) is 1. The average Bonchev–Trinajstić information content (AvgIpc) is 3.30. The van der Waals surface area contributed by atoms with E-state index in [1.165, 1.54) is 0 Å². The van der Waals surface area contributed by atoms with E-state index in [0.717, 1.165) is 39.6 Å². The van der Waals surface area contributed by atoms with Gasteiger partial charge in [0, 0.05) is 10.6 Å². The molecule has 2 unspecified atom stereocenters. The lowest BCUT2D eigenvalue weighted by atomic mass is 10.0. The van der Waals surface area contributed by atoms with Gasteiger partial charge in [0.25, 0.3) is 0 Å². The van der Waals surface area contributed by atoms with Gasteiger partial charge in [-0.15, -0.1) is 0 Å². The Morgan fingerprint density at radius 3 is 2.45 bits per heavy atom. The van der Waals surface area contributed by atoms with Crippen LogP contribution in [-0.4, -0.2) is 25.8 Å². The minimum Gasteiger partial charge on any atom is -0.497 e. The Kier molecular flexibility index (Phi) is 5.79. The number of hydrogen-bond acceptors (Lipinski definition) is 6. The lowest BCUT2D eigenvalue weighted by Gasteiger charge is -2.39. The molecule has 0 amide bonds. The third-order valence-corrected chi connectivity index (χ3v) is 6.07. The summed E-state index contributed by atoms with van der Waals surface area (Å²) in [6, 6.07) is 19.4. The second-order valence-electron chi connectivity index (χ2n) is 7.76. The number of ether oxygens (including phenoxy) is 4. The highest BCUT2D eigenvalue weighted by Crippen LogP contribution is 2.48. The van der Waals surface area contributed by atoms with Crippen LogP contribution in [0.4, 0.5) is 0 Å². The van der Waals surface area contributed by atoms with Crippen molar-refractivity contribution in [1.29, 1.82) is 0 Å². The molecule has 2 aliphatic rings. The van der Waals surface area contributed by atoms with Crippen molar-refractivity contribution in [2.75, 3.05) is 20.8 Å². The van der Waals surface area contributed by atoms with E-state index >= 15 is 0 Å². The Bertz CT molecular complexity index is 1200. The van der Waals surface area contributed by atoms with Gasteiger partial charge in [0.1, 0.15) is 23.0 Å². The number of halogens is 1. The molecule has 0 saturated heterocycles. The monoisotopic (exact) mass is 464 g/mol. The van der Waals surface area contributed by atoms with Gasteiger partial charge in [0.2, 0.25) is 0 Å². The Balaban J connectivity index is 1.57. The first-order valence-corrected chi connectivity index (χ1v) is 11.2. The normalized spacial score (nSPS) is 19.0. The Labute approximate surface area is 198 Å². The summed E-state index contributed by atoms with van der Waals surface area (Å²) in [6.45, 7) is 2.61. The number of benzene rings is 3. The van der Waals surface area contributed by atoms with Gasteiger partial charge < -0.3 is 24.4 Å². The molecule has 2 aliphatic heterocycles. The SMILES string of the molecule is CCOc1ccc(C2=CC3c4cc(Cl)ccc4OC(c4cc(OC)ccc4OC)N3N2)cc1. The fraction of sp³-hybridized carbons (Fsp3) is 0.231. The van der Waals surface area contributed by atoms with Crippen LogP contribution in [0.2, 0.25) is 5.02 Å². The highest BCUT2D eigenvalue weighted by atomic mass is 35.5. The van der Waals surface area contributed by atoms with Gasteiger partial charge in [-0.2, -0.15) is 5.01 Å². The smallest absolute Gasteiger partial charge is 0.199 e. The van der Waals surface area contributed by atoms with Crippen molar-refractivity contribution >= 4 is 17.3 Å². The number of fused-ring (bicyclic) bond motifs is 3. The van der Waals surface area contributed by atoms with E-state index < -0.39 is 6.23 Å². The number of rotatable bonds is 6. The molecular weight excluding hydrogens is 440 g/mol. The van der Waals surface area contributed by atoms with Crippen LogP contribution in [-0.2, 0) is 0 Å². The van der Waals surface area contributed by atoms with Crippen molar-refractivity contribution in [1.82, 2.24) is 10.4 Å². The number of nitrogens with zero attached hydrogens (tertiary/aromatic N) is 1. The fourth-order valence-electron chi connectivity index (χ4n) is 4.27. The molecule has 0 fully saturated rings. The third kappa shape index (κ3) is 3.96. The third-order valence-electron chi connectivity index (χ3n) is 5.83. The first-order valence-electron chi connectivity index (χ1n) is 10.8. The summed E-state index contributed by atoms with van der Waals surface area (Å²) in [6.07, 6.45) is 1.73. The van der Waals surface area contributed by atoms with E-state index in [-0.39, 0.29) is 6.04 Å². The minimum absolute atomic E-state index is 0.0880. The molecule has 0 bridgehead atoms. The molecule has 3 aromatic carbocycles. The number of methoxy groups -OCH3 is 2. The van der Waals surface area contributed by atoms with Crippen molar-refractivity contribution in [3.63, 3.8) is 0 Å². The zero-order valence-electron chi connectivity index (χ0n) is 18.7. The molecule has 0 spiro atoms. The molecular formula is C26H25ClN2O4. The predicted molar refractivity (Wildman–Crippen MR) is 128 cm³/mol. The maximum Gasteiger partial charge on any atom is 0.199 e. The van der Waals surface area contributed by atoms with Crippen LogP contribution in [0, 0.1) is 0 Å². The van der Waals surface area contributed by atoms with Crippen molar-refractivity contribution in [2.24, 2.45) is 0 Å². The fourth-order valence-corrected chi connectivity index (χ4v) is 4.45.